The Kier molecular flexibility index (Phi) is 3.78. The standard InChI is InChI=1S/C8H12N4O2/c1-12(4-2-3-8(13)14)7-5-9-6-10-11-7/h5-6H,2-4H2,1H3,(H,13,14). The molecular formula is C8H12N4O2. The zero-order chi connectivity index (χ0) is 10.4. The molecule has 0 unspecified atom stereocenters. The Balaban J connectivity index is 2.36. The molecule has 0 saturated heterocycles. The zero-order valence-corrected chi connectivity index (χ0v) is 7.92. The normalized spacial score (nSPS) is 9.79. The molecule has 1 rings (SSSR count). The lowest BCUT2D eigenvalue weighted by Crippen LogP contribution is -2.20. The molecule has 0 atom stereocenters. The molecule has 14 heavy (non-hydrogen) atoms. The van der Waals surface area contributed by atoms with Crippen molar-refractivity contribution in [3.8, 4) is 0 Å². The average Bonchev–Trinajstić information content (AvgIpc) is 2.18. The molecule has 1 aromatic heterocycles. The molecule has 6 nitrogen and oxygen atoms in total. The van der Waals surface area contributed by atoms with Crippen molar-refractivity contribution in [1.82, 2.24) is 15.2 Å². The molecule has 0 saturated carbocycles. The van der Waals surface area contributed by atoms with E-state index >= 15 is 0 Å². The van der Waals surface area contributed by atoms with Crippen molar-refractivity contribution in [2.24, 2.45) is 0 Å². The Hall–Kier alpha value is -1.72. The minimum atomic E-state index is -0.782. The van der Waals surface area contributed by atoms with Crippen LogP contribution < -0.4 is 4.90 Å². The van der Waals surface area contributed by atoms with Crippen LogP contribution in [0.15, 0.2) is 12.5 Å². The minimum Gasteiger partial charge on any atom is -0.481 e. The van der Waals surface area contributed by atoms with Crippen molar-refractivity contribution < 1.29 is 9.90 Å². The van der Waals surface area contributed by atoms with Gasteiger partial charge in [-0.3, -0.25) is 4.79 Å². The summed E-state index contributed by atoms with van der Waals surface area (Å²) in [5.74, 6) is -0.131. The maximum Gasteiger partial charge on any atom is 0.303 e. The van der Waals surface area contributed by atoms with Crippen LogP contribution in [0.5, 0.6) is 0 Å². The van der Waals surface area contributed by atoms with E-state index in [4.69, 9.17) is 5.11 Å². The maximum atomic E-state index is 10.3. The van der Waals surface area contributed by atoms with Crippen LogP contribution >= 0.6 is 0 Å². The Labute approximate surface area is 81.6 Å². The van der Waals surface area contributed by atoms with Gasteiger partial charge in [-0.2, -0.15) is 0 Å². The average molecular weight is 196 g/mol. The summed E-state index contributed by atoms with van der Waals surface area (Å²) in [6, 6.07) is 0. The van der Waals surface area contributed by atoms with E-state index in [1.54, 1.807) is 6.20 Å². The van der Waals surface area contributed by atoms with Crippen LogP contribution in [0.1, 0.15) is 12.8 Å². The molecular weight excluding hydrogens is 184 g/mol. The predicted molar refractivity (Wildman–Crippen MR) is 50.0 cm³/mol. The number of hydrogen-bond acceptors (Lipinski definition) is 5. The van der Waals surface area contributed by atoms with Crippen LogP contribution in [-0.4, -0.2) is 39.8 Å². The van der Waals surface area contributed by atoms with Crippen molar-refractivity contribution in [3.63, 3.8) is 0 Å². The fourth-order valence-electron chi connectivity index (χ4n) is 0.998. The van der Waals surface area contributed by atoms with E-state index in [-0.39, 0.29) is 6.42 Å². The summed E-state index contributed by atoms with van der Waals surface area (Å²) in [5, 5.41) is 15.9. The summed E-state index contributed by atoms with van der Waals surface area (Å²) in [5.41, 5.74) is 0. The second kappa shape index (κ2) is 5.11. The van der Waals surface area contributed by atoms with E-state index in [0.29, 0.717) is 18.8 Å². The molecule has 1 heterocycles. The fraction of sp³-hybridized carbons (Fsp3) is 0.500. The molecule has 0 aromatic carbocycles. The number of aromatic nitrogens is 3. The van der Waals surface area contributed by atoms with Gasteiger partial charge in [-0.15, -0.1) is 10.2 Å². The third-order valence-electron chi connectivity index (χ3n) is 1.74. The Bertz CT molecular complexity index is 291. The highest BCUT2D eigenvalue weighted by Crippen LogP contribution is 2.04. The zero-order valence-electron chi connectivity index (χ0n) is 7.92. The Morgan fingerprint density at radius 1 is 1.64 bits per heavy atom. The van der Waals surface area contributed by atoms with Gasteiger partial charge in [0.15, 0.2) is 5.82 Å². The van der Waals surface area contributed by atoms with Crippen molar-refractivity contribution in [2.75, 3.05) is 18.5 Å². The van der Waals surface area contributed by atoms with Gasteiger partial charge in [0.2, 0.25) is 0 Å². The highest BCUT2D eigenvalue weighted by atomic mass is 16.4. The summed E-state index contributed by atoms with van der Waals surface area (Å²) < 4.78 is 0. The summed E-state index contributed by atoms with van der Waals surface area (Å²) in [6.07, 6.45) is 3.70. The number of anilines is 1. The lowest BCUT2D eigenvalue weighted by molar-refractivity contribution is -0.137. The first kappa shape index (κ1) is 10.4. The van der Waals surface area contributed by atoms with E-state index in [1.165, 1.54) is 6.33 Å². The third-order valence-corrected chi connectivity index (χ3v) is 1.74. The molecule has 0 aliphatic rings. The van der Waals surface area contributed by atoms with Gasteiger partial charge in [0.25, 0.3) is 0 Å². The smallest absolute Gasteiger partial charge is 0.303 e. The number of carboxylic acid groups (broad SMARTS) is 1. The number of carboxylic acids is 1. The largest absolute Gasteiger partial charge is 0.481 e. The fourth-order valence-corrected chi connectivity index (χ4v) is 0.998. The number of aliphatic carboxylic acids is 1. The minimum absolute atomic E-state index is 0.165. The highest BCUT2D eigenvalue weighted by molar-refractivity contribution is 5.66. The van der Waals surface area contributed by atoms with Gasteiger partial charge >= 0.3 is 5.97 Å². The summed E-state index contributed by atoms with van der Waals surface area (Å²) >= 11 is 0. The van der Waals surface area contributed by atoms with Crippen LogP contribution in [-0.2, 0) is 4.79 Å². The molecule has 76 valence electrons. The highest BCUT2D eigenvalue weighted by Gasteiger charge is 2.03. The SMILES string of the molecule is CN(CCCC(=O)O)c1cncnn1. The van der Waals surface area contributed by atoms with Crippen molar-refractivity contribution in [3.05, 3.63) is 12.5 Å². The van der Waals surface area contributed by atoms with Crippen LogP contribution in [0.3, 0.4) is 0 Å². The van der Waals surface area contributed by atoms with Crippen LogP contribution in [0.25, 0.3) is 0 Å². The van der Waals surface area contributed by atoms with Crippen molar-refractivity contribution in [2.45, 2.75) is 12.8 Å². The first-order valence-corrected chi connectivity index (χ1v) is 4.26. The molecule has 1 N–H and O–H groups in total. The molecule has 6 heteroatoms. The van der Waals surface area contributed by atoms with Gasteiger partial charge < -0.3 is 10.0 Å². The van der Waals surface area contributed by atoms with Crippen molar-refractivity contribution >= 4 is 11.8 Å². The van der Waals surface area contributed by atoms with E-state index < -0.39 is 5.97 Å². The predicted octanol–water partition coefficient (Wildman–Crippen LogP) is 0.173. The monoisotopic (exact) mass is 196 g/mol. The van der Waals surface area contributed by atoms with Gasteiger partial charge in [0, 0.05) is 20.0 Å². The summed E-state index contributed by atoms with van der Waals surface area (Å²) in [4.78, 5) is 15.9. The lowest BCUT2D eigenvalue weighted by Gasteiger charge is -2.15. The molecule has 0 aliphatic heterocycles. The van der Waals surface area contributed by atoms with E-state index in [2.05, 4.69) is 15.2 Å². The van der Waals surface area contributed by atoms with Gasteiger partial charge in [-0.25, -0.2) is 4.98 Å². The molecule has 1 aromatic rings. The topological polar surface area (TPSA) is 79.2 Å². The van der Waals surface area contributed by atoms with E-state index in [9.17, 15) is 4.79 Å². The number of hydrogen-bond donors (Lipinski definition) is 1. The third kappa shape index (κ3) is 3.34. The maximum absolute atomic E-state index is 10.3. The van der Waals surface area contributed by atoms with Crippen LogP contribution in [0, 0.1) is 0 Å². The molecule has 0 fully saturated rings. The Morgan fingerprint density at radius 2 is 2.43 bits per heavy atom. The van der Waals surface area contributed by atoms with E-state index in [0.717, 1.165) is 0 Å². The van der Waals surface area contributed by atoms with Crippen LogP contribution in [0.4, 0.5) is 5.82 Å². The van der Waals surface area contributed by atoms with E-state index in [1.807, 2.05) is 11.9 Å². The lowest BCUT2D eigenvalue weighted by atomic mass is 10.3. The molecule has 0 radical (unpaired) electrons. The Morgan fingerprint density at radius 3 is 3.00 bits per heavy atom. The van der Waals surface area contributed by atoms with Crippen molar-refractivity contribution in [1.29, 1.82) is 0 Å². The molecule has 0 bridgehead atoms. The van der Waals surface area contributed by atoms with Gasteiger partial charge in [-0.1, -0.05) is 0 Å². The first-order valence-electron chi connectivity index (χ1n) is 4.26. The number of nitrogens with zero attached hydrogens (tertiary/aromatic N) is 4. The van der Waals surface area contributed by atoms with Gasteiger partial charge in [0.05, 0.1) is 6.20 Å². The van der Waals surface area contributed by atoms with Gasteiger partial charge in [-0.05, 0) is 6.42 Å². The summed E-state index contributed by atoms with van der Waals surface area (Å²) in [6.45, 7) is 0.632. The number of carbonyl (C=O) groups is 1. The van der Waals surface area contributed by atoms with Gasteiger partial charge in [0.1, 0.15) is 6.33 Å². The first-order chi connectivity index (χ1) is 6.70. The second-order valence-electron chi connectivity index (χ2n) is 2.89. The quantitative estimate of drug-likeness (QED) is 0.723. The summed E-state index contributed by atoms with van der Waals surface area (Å²) in [7, 11) is 1.83. The van der Waals surface area contributed by atoms with Crippen LogP contribution in [0.2, 0.25) is 0 Å². The number of rotatable bonds is 5. The molecule has 0 aliphatic carbocycles. The molecule has 0 amide bonds. The second-order valence-corrected chi connectivity index (χ2v) is 2.89. The molecule has 0 spiro atoms.